The van der Waals surface area contributed by atoms with Crippen LogP contribution in [0.1, 0.15) is 25.3 Å². The van der Waals surface area contributed by atoms with E-state index >= 15 is 0 Å². The van der Waals surface area contributed by atoms with Crippen LogP contribution in [0, 0.1) is 0 Å². The Balaban J connectivity index is 1.80. The minimum atomic E-state index is -1.35. The van der Waals surface area contributed by atoms with Crippen LogP contribution >= 0.6 is 0 Å². The number of hydrazine groups is 1. The van der Waals surface area contributed by atoms with Crippen molar-refractivity contribution >= 4 is 12.1 Å². The minimum absolute atomic E-state index is 0.483. The highest BCUT2D eigenvalue weighted by atomic mass is 16.5. The number of hydrogen-bond acceptors (Lipinski definition) is 6. The molecule has 3 N–H and O–H groups in total. The van der Waals surface area contributed by atoms with Crippen molar-refractivity contribution in [1.29, 1.82) is 0 Å². The van der Waals surface area contributed by atoms with E-state index < -0.39 is 11.9 Å². The molecule has 0 saturated carbocycles. The maximum Gasteiger partial charge on any atom is 0.211 e. The lowest BCUT2D eigenvalue weighted by Crippen LogP contribution is -2.65. The fourth-order valence-electron chi connectivity index (χ4n) is 2.82. The van der Waals surface area contributed by atoms with Gasteiger partial charge in [0.05, 0.1) is 6.61 Å². The summed E-state index contributed by atoms with van der Waals surface area (Å²) in [5, 5.41) is 17.9. The van der Waals surface area contributed by atoms with E-state index in [-0.39, 0.29) is 0 Å². The van der Waals surface area contributed by atoms with Crippen molar-refractivity contribution in [3.05, 3.63) is 29.8 Å². The number of rotatable bonds is 9. The molecule has 9 nitrogen and oxygen atoms in total. The Hall–Kier alpha value is -2.52. The second-order valence-corrected chi connectivity index (χ2v) is 6.76. The standard InChI is InChI=1S/C18H30N6O3/c1-5-18(21-17(25)26)20-16(24(4)22-18)19-10-7-11-27-15-9-6-8-14(12-15)13-23(2)3/h6,8-9,12,21-22H,5,7,10-11,13H2,1-4H3,(H,19,20)(H,25,26)/p-1. The number of aliphatic imine (C=N–C) groups is 1. The van der Waals surface area contributed by atoms with Crippen molar-refractivity contribution in [2.45, 2.75) is 32.1 Å². The maximum absolute atomic E-state index is 10.9. The Kier molecular flexibility index (Phi) is 7.26. The second-order valence-electron chi connectivity index (χ2n) is 6.76. The molecule has 1 fully saturated rings. The van der Waals surface area contributed by atoms with Crippen molar-refractivity contribution in [2.75, 3.05) is 34.3 Å². The first-order valence-electron chi connectivity index (χ1n) is 9.03. The van der Waals surface area contributed by atoms with Crippen LogP contribution in [-0.4, -0.2) is 62.0 Å². The van der Waals surface area contributed by atoms with E-state index in [9.17, 15) is 9.90 Å². The molecule has 1 aliphatic heterocycles. The van der Waals surface area contributed by atoms with E-state index in [0.29, 0.717) is 25.5 Å². The van der Waals surface area contributed by atoms with Crippen molar-refractivity contribution < 1.29 is 14.6 Å². The van der Waals surface area contributed by atoms with E-state index in [1.165, 1.54) is 5.56 Å². The molecule has 27 heavy (non-hydrogen) atoms. The molecule has 1 aromatic carbocycles. The molecule has 1 amide bonds. The lowest BCUT2D eigenvalue weighted by molar-refractivity contribution is -0.254. The van der Waals surface area contributed by atoms with Gasteiger partial charge in [-0.25, -0.2) is 0 Å². The lowest BCUT2D eigenvalue weighted by atomic mass is 10.2. The third-order valence-electron chi connectivity index (χ3n) is 4.08. The monoisotopic (exact) mass is 377 g/mol. The topological polar surface area (TPSA) is 104 Å². The van der Waals surface area contributed by atoms with Gasteiger partial charge in [-0.2, -0.15) is 5.43 Å². The number of nitrogens with one attached hydrogen (secondary N) is 3. The Morgan fingerprint density at radius 2 is 2.22 bits per heavy atom. The maximum atomic E-state index is 10.9. The van der Waals surface area contributed by atoms with Crippen molar-refractivity contribution in [3.63, 3.8) is 0 Å². The molecule has 0 spiro atoms. The van der Waals surface area contributed by atoms with Gasteiger partial charge in [-0.05, 0) is 31.8 Å². The number of amides is 1. The third-order valence-corrected chi connectivity index (χ3v) is 4.08. The Labute approximate surface area is 160 Å². The summed E-state index contributed by atoms with van der Waals surface area (Å²) in [7, 11) is 5.84. The van der Waals surface area contributed by atoms with Crippen LogP contribution in [0.4, 0.5) is 4.79 Å². The number of guanidine groups is 1. The van der Waals surface area contributed by atoms with Crippen LogP contribution in [0.15, 0.2) is 29.3 Å². The smallest absolute Gasteiger partial charge is 0.211 e. The minimum Gasteiger partial charge on any atom is -0.530 e. The molecular weight excluding hydrogens is 348 g/mol. The predicted molar refractivity (Wildman–Crippen MR) is 102 cm³/mol. The molecule has 2 rings (SSSR count). The highest BCUT2D eigenvalue weighted by Gasteiger charge is 2.37. The van der Waals surface area contributed by atoms with Crippen LogP contribution in [0.25, 0.3) is 0 Å². The zero-order valence-electron chi connectivity index (χ0n) is 16.4. The van der Waals surface area contributed by atoms with Gasteiger partial charge in [-0.1, -0.05) is 19.1 Å². The number of carboxylic acid groups (broad SMARTS) is 1. The number of carbonyl (C=O) groups excluding carboxylic acids is 1. The summed E-state index contributed by atoms with van der Waals surface area (Å²) in [6.07, 6.45) is -0.128. The molecule has 1 aliphatic rings. The first kappa shape index (κ1) is 20.8. The summed E-state index contributed by atoms with van der Waals surface area (Å²) in [4.78, 5) is 17.5. The zero-order chi connectivity index (χ0) is 19.9. The quantitative estimate of drug-likeness (QED) is 0.517. The van der Waals surface area contributed by atoms with Crippen LogP contribution in [0.2, 0.25) is 0 Å². The van der Waals surface area contributed by atoms with Gasteiger partial charge in [0.15, 0.2) is 5.79 Å². The second kappa shape index (κ2) is 9.43. The van der Waals surface area contributed by atoms with E-state index in [1.54, 1.807) is 12.1 Å². The molecule has 0 radical (unpaired) electrons. The van der Waals surface area contributed by atoms with Crippen molar-refractivity contribution in [3.8, 4) is 5.75 Å². The Morgan fingerprint density at radius 3 is 2.89 bits per heavy atom. The number of ether oxygens (including phenoxy) is 1. The summed E-state index contributed by atoms with van der Waals surface area (Å²) in [6, 6.07) is 8.06. The predicted octanol–water partition coefficient (Wildman–Crippen LogP) is -0.0906. The first-order chi connectivity index (χ1) is 12.8. The highest BCUT2D eigenvalue weighted by molar-refractivity contribution is 5.82. The molecule has 1 heterocycles. The molecule has 0 aliphatic carbocycles. The molecule has 0 bridgehead atoms. The van der Waals surface area contributed by atoms with Gasteiger partial charge in [-0.15, -0.1) is 0 Å². The summed E-state index contributed by atoms with van der Waals surface area (Å²) < 4.78 is 5.80. The van der Waals surface area contributed by atoms with Gasteiger partial charge < -0.3 is 30.2 Å². The Bertz CT molecular complexity index is 666. The lowest BCUT2D eigenvalue weighted by Gasteiger charge is -2.30. The number of nitrogens with zero attached hydrogens (tertiary/aromatic N) is 3. The van der Waals surface area contributed by atoms with Gasteiger partial charge in [0.2, 0.25) is 5.96 Å². The summed E-state index contributed by atoms with van der Waals surface area (Å²) in [5.74, 6) is 0.428. The molecule has 1 atom stereocenters. The molecule has 1 unspecified atom stereocenters. The van der Waals surface area contributed by atoms with Gasteiger partial charge >= 0.3 is 0 Å². The van der Waals surface area contributed by atoms with Gasteiger partial charge in [0.25, 0.3) is 0 Å². The first-order valence-corrected chi connectivity index (χ1v) is 9.03. The van der Waals surface area contributed by atoms with Gasteiger partial charge in [0, 0.05) is 33.0 Å². The van der Waals surface area contributed by atoms with Gasteiger partial charge in [0.1, 0.15) is 11.8 Å². The molecule has 1 aromatic rings. The number of hydrogen-bond donors (Lipinski definition) is 3. The van der Waals surface area contributed by atoms with E-state index in [0.717, 1.165) is 18.7 Å². The normalized spacial score (nSPS) is 20.8. The van der Waals surface area contributed by atoms with Crippen LogP contribution in [0.3, 0.4) is 0 Å². The number of carbonyl (C=O) groups is 1. The SMILES string of the molecule is CCC1(NC(=O)[O-])NC(=NCCCOc2cccc(CN(C)C)c2)N(C)N1. The molecular formula is C18H29N6O3-. The van der Waals surface area contributed by atoms with E-state index in [2.05, 4.69) is 32.0 Å². The van der Waals surface area contributed by atoms with Gasteiger partial charge in [-0.3, -0.25) is 10.0 Å². The van der Waals surface area contributed by atoms with Crippen molar-refractivity contribution in [2.24, 2.45) is 4.99 Å². The molecule has 9 heteroatoms. The summed E-state index contributed by atoms with van der Waals surface area (Å²) in [5.41, 5.74) is 4.22. The Morgan fingerprint density at radius 1 is 1.44 bits per heavy atom. The van der Waals surface area contributed by atoms with Crippen LogP contribution in [0.5, 0.6) is 5.75 Å². The summed E-state index contributed by atoms with van der Waals surface area (Å²) >= 11 is 0. The molecule has 1 saturated heterocycles. The summed E-state index contributed by atoms with van der Waals surface area (Å²) in [6.45, 7) is 3.83. The number of benzene rings is 1. The fourth-order valence-corrected chi connectivity index (χ4v) is 2.82. The average molecular weight is 377 g/mol. The zero-order valence-corrected chi connectivity index (χ0v) is 16.4. The van der Waals surface area contributed by atoms with E-state index in [1.807, 2.05) is 39.2 Å². The van der Waals surface area contributed by atoms with Crippen LogP contribution < -0.4 is 25.9 Å². The highest BCUT2D eigenvalue weighted by Crippen LogP contribution is 2.14. The third kappa shape index (κ3) is 6.30. The molecule has 0 aromatic heterocycles. The fraction of sp³-hybridized carbons (Fsp3) is 0.556. The molecule has 150 valence electrons. The average Bonchev–Trinajstić information content (AvgIpc) is 2.90. The van der Waals surface area contributed by atoms with Crippen LogP contribution in [-0.2, 0) is 6.54 Å². The van der Waals surface area contributed by atoms with Crippen molar-refractivity contribution in [1.82, 2.24) is 26.0 Å². The van der Waals surface area contributed by atoms with E-state index in [4.69, 9.17) is 4.74 Å². The largest absolute Gasteiger partial charge is 0.530 e.